The third-order valence-corrected chi connectivity index (χ3v) is 4.39. The van der Waals surface area contributed by atoms with Crippen molar-refractivity contribution < 1.29 is 0 Å². The second-order valence-electron chi connectivity index (χ2n) is 4.50. The van der Waals surface area contributed by atoms with E-state index in [-0.39, 0.29) is 0 Å². The first-order valence-corrected chi connectivity index (χ1v) is 7.45. The standard InChI is InChI=1S/C11H16N8S/c1-18(8-2-5-20-6-8)10-14-9(17-12)15-11(16-10)19-4-3-13-7-19/h3-4,7-8H,2,5-6,12H2,1H3,(H,14,15,16,17). The average molecular weight is 292 g/mol. The van der Waals surface area contributed by atoms with Crippen LogP contribution in [0.1, 0.15) is 6.42 Å². The fraction of sp³-hybridized carbons (Fsp3) is 0.455. The highest BCUT2D eigenvalue weighted by Gasteiger charge is 2.23. The number of nitrogen functional groups attached to an aromatic ring is 1. The number of hydrogen-bond acceptors (Lipinski definition) is 8. The largest absolute Gasteiger partial charge is 0.340 e. The Labute approximate surface area is 120 Å². The number of rotatable bonds is 4. The van der Waals surface area contributed by atoms with Gasteiger partial charge in [0.15, 0.2) is 0 Å². The first kappa shape index (κ1) is 13.1. The number of hydrogen-bond donors (Lipinski definition) is 2. The molecule has 2 aromatic rings. The summed E-state index contributed by atoms with van der Waals surface area (Å²) in [6.45, 7) is 0. The maximum atomic E-state index is 5.44. The maximum absolute atomic E-state index is 5.44. The van der Waals surface area contributed by atoms with Crippen molar-refractivity contribution in [2.24, 2.45) is 5.84 Å². The molecule has 0 radical (unpaired) electrons. The molecule has 0 aliphatic carbocycles. The molecular weight excluding hydrogens is 276 g/mol. The highest BCUT2D eigenvalue weighted by Crippen LogP contribution is 2.24. The van der Waals surface area contributed by atoms with E-state index in [2.05, 4.69) is 30.3 Å². The smallest absolute Gasteiger partial charge is 0.243 e. The number of nitrogens with one attached hydrogen (secondary N) is 1. The van der Waals surface area contributed by atoms with Gasteiger partial charge in [0.25, 0.3) is 0 Å². The molecule has 0 aromatic carbocycles. The Kier molecular flexibility index (Phi) is 3.70. The molecule has 3 heterocycles. The lowest BCUT2D eigenvalue weighted by molar-refractivity contribution is 0.676. The van der Waals surface area contributed by atoms with Gasteiger partial charge in [-0.1, -0.05) is 0 Å². The Morgan fingerprint density at radius 1 is 1.45 bits per heavy atom. The first-order chi connectivity index (χ1) is 9.78. The summed E-state index contributed by atoms with van der Waals surface area (Å²) < 4.78 is 1.73. The molecule has 0 saturated carbocycles. The topological polar surface area (TPSA) is 97.8 Å². The zero-order chi connectivity index (χ0) is 13.9. The monoisotopic (exact) mass is 292 g/mol. The Morgan fingerprint density at radius 2 is 2.35 bits per heavy atom. The quantitative estimate of drug-likeness (QED) is 0.613. The number of hydrazine groups is 1. The van der Waals surface area contributed by atoms with Crippen molar-refractivity contribution in [3.05, 3.63) is 18.7 Å². The van der Waals surface area contributed by atoms with Crippen LogP contribution in [0.15, 0.2) is 18.7 Å². The Hall–Kier alpha value is -1.87. The molecule has 3 N–H and O–H groups in total. The molecule has 1 atom stereocenters. The molecule has 0 amide bonds. The average Bonchev–Trinajstić information content (AvgIpc) is 3.18. The number of imidazole rings is 1. The van der Waals surface area contributed by atoms with Crippen molar-refractivity contribution in [1.82, 2.24) is 24.5 Å². The van der Waals surface area contributed by atoms with Gasteiger partial charge in [0.2, 0.25) is 17.8 Å². The normalized spacial score (nSPS) is 18.2. The number of nitrogens with two attached hydrogens (primary N) is 1. The molecule has 1 aliphatic heterocycles. The molecule has 1 aliphatic rings. The predicted molar refractivity (Wildman–Crippen MR) is 78.9 cm³/mol. The van der Waals surface area contributed by atoms with E-state index in [1.807, 2.05) is 18.8 Å². The molecule has 1 saturated heterocycles. The van der Waals surface area contributed by atoms with Gasteiger partial charge in [-0.25, -0.2) is 10.8 Å². The molecule has 1 fully saturated rings. The van der Waals surface area contributed by atoms with Crippen LogP contribution < -0.4 is 16.2 Å². The lowest BCUT2D eigenvalue weighted by atomic mass is 10.2. The Morgan fingerprint density at radius 3 is 3.00 bits per heavy atom. The maximum Gasteiger partial charge on any atom is 0.243 e. The molecule has 8 nitrogen and oxygen atoms in total. The minimum atomic E-state index is 0.344. The van der Waals surface area contributed by atoms with E-state index >= 15 is 0 Å². The van der Waals surface area contributed by atoms with Crippen molar-refractivity contribution in [3.63, 3.8) is 0 Å². The molecule has 20 heavy (non-hydrogen) atoms. The van der Waals surface area contributed by atoms with Crippen LogP contribution in [-0.2, 0) is 0 Å². The van der Waals surface area contributed by atoms with Crippen LogP contribution in [0.2, 0.25) is 0 Å². The molecule has 2 aromatic heterocycles. The van der Waals surface area contributed by atoms with Gasteiger partial charge in [-0.3, -0.25) is 9.99 Å². The van der Waals surface area contributed by atoms with Gasteiger partial charge >= 0.3 is 0 Å². The number of aromatic nitrogens is 5. The summed E-state index contributed by atoms with van der Waals surface area (Å²) in [4.78, 5) is 19.1. The summed E-state index contributed by atoms with van der Waals surface area (Å²) in [5, 5.41) is 0. The predicted octanol–water partition coefficient (Wildman–Crippen LogP) is 0.285. The summed E-state index contributed by atoms with van der Waals surface area (Å²) in [6, 6.07) is 0.448. The minimum Gasteiger partial charge on any atom is -0.340 e. The number of nitrogens with zero attached hydrogens (tertiary/aromatic N) is 6. The van der Waals surface area contributed by atoms with E-state index in [0.717, 1.165) is 12.2 Å². The second-order valence-corrected chi connectivity index (χ2v) is 5.65. The fourth-order valence-corrected chi connectivity index (χ4v) is 3.33. The zero-order valence-corrected chi connectivity index (χ0v) is 11.9. The van der Waals surface area contributed by atoms with Crippen molar-refractivity contribution in [1.29, 1.82) is 0 Å². The van der Waals surface area contributed by atoms with Gasteiger partial charge in [-0.15, -0.1) is 0 Å². The van der Waals surface area contributed by atoms with E-state index in [0.29, 0.717) is 23.9 Å². The van der Waals surface area contributed by atoms with E-state index in [1.54, 1.807) is 23.3 Å². The van der Waals surface area contributed by atoms with Crippen molar-refractivity contribution in [3.8, 4) is 5.95 Å². The van der Waals surface area contributed by atoms with Crippen molar-refractivity contribution in [2.45, 2.75) is 12.5 Å². The lowest BCUT2D eigenvalue weighted by Gasteiger charge is -2.24. The molecule has 9 heteroatoms. The van der Waals surface area contributed by atoms with Crippen LogP contribution >= 0.6 is 11.8 Å². The van der Waals surface area contributed by atoms with Gasteiger partial charge in [-0.2, -0.15) is 26.7 Å². The van der Waals surface area contributed by atoms with Gasteiger partial charge < -0.3 is 4.90 Å². The SMILES string of the molecule is CN(c1nc(NN)nc(-n2ccnc2)n1)C1CCSC1. The van der Waals surface area contributed by atoms with Crippen LogP contribution in [0.4, 0.5) is 11.9 Å². The van der Waals surface area contributed by atoms with Crippen LogP contribution in [0.5, 0.6) is 0 Å². The fourth-order valence-electron chi connectivity index (χ4n) is 2.06. The summed E-state index contributed by atoms with van der Waals surface area (Å²) in [6.07, 6.45) is 6.24. The third kappa shape index (κ3) is 2.54. The first-order valence-electron chi connectivity index (χ1n) is 6.29. The van der Waals surface area contributed by atoms with Crippen LogP contribution in [0.3, 0.4) is 0 Å². The summed E-state index contributed by atoms with van der Waals surface area (Å²) in [5.74, 6) is 9.17. The van der Waals surface area contributed by atoms with Crippen LogP contribution in [0.25, 0.3) is 5.95 Å². The zero-order valence-electron chi connectivity index (χ0n) is 11.1. The molecule has 1 unspecified atom stereocenters. The highest BCUT2D eigenvalue weighted by molar-refractivity contribution is 7.99. The van der Waals surface area contributed by atoms with Gasteiger partial charge in [0, 0.05) is 31.2 Å². The summed E-state index contributed by atoms with van der Waals surface area (Å²) >= 11 is 1.95. The van der Waals surface area contributed by atoms with E-state index in [1.165, 1.54) is 5.75 Å². The lowest BCUT2D eigenvalue weighted by Crippen LogP contribution is -2.33. The molecule has 106 valence electrons. The van der Waals surface area contributed by atoms with E-state index < -0.39 is 0 Å². The number of thioether (sulfide) groups is 1. The Balaban J connectivity index is 1.95. The van der Waals surface area contributed by atoms with Gasteiger partial charge in [0.1, 0.15) is 6.33 Å². The van der Waals surface area contributed by atoms with Crippen molar-refractivity contribution >= 4 is 23.7 Å². The Bertz CT molecular complexity index is 566. The molecule has 3 rings (SSSR count). The summed E-state index contributed by atoms with van der Waals surface area (Å²) in [5.41, 5.74) is 2.49. The molecule has 0 bridgehead atoms. The van der Waals surface area contributed by atoms with E-state index in [9.17, 15) is 0 Å². The van der Waals surface area contributed by atoms with Gasteiger partial charge in [-0.05, 0) is 12.2 Å². The van der Waals surface area contributed by atoms with E-state index in [4.69, 9.17) is 5.84 Å². The number of anilines is 2. The molecule has 0 spiro atoms. The summed E-state index contributed by atoms with van der Waals surface area (Å²) in [7, 11) is 2.00. The van der Waals surface area contributed by atoms with Crippen molar-refractivity contribution in [2.75, 3.05) is 28.9 Å². The highest BCUT2D eigenvalue weighted by atomic mass is 32.2. The second kappa shape index (κ2) is 5.63. The minimum absolute atomic E-state index is 0.344. The van der Waals surface area contributed by atoms with Crippen LogP contribution in [-0.4, -0.2) is 49.1 Å². The van der Waals surface area contributed by atoms with Gasteiger partial charge in [0.05, 0.1) is 0 Å². The molecular formula is C11H16N8S. The third-order valence-electron chi connectivity index (χ3n) is 3.25. The van der Waals surface area contributed by atoms with Crippen LogP contribution in [0, 0.1) is 0 Å².